The zero-order chi connectivity index (χ0) is 15.4. The number of hydrogen-bond donors (Lipinski definition) is 0. The molecule has 1 aliphatic rings. The van der Waals surface area contributed by atoms with Crippen LogP contribution in [-0.4, -0.2) is 0 Å². The summed E-state index contributed by atoms with van der Waals surface area (Å²) in [5, 5.41) is 0. The Hall–Kier alpha value is -1.98. The van der Waals surface area contributed by atoms with Gasteiger partial charge in [0.1, 0.15) is 0 Å². The van der Waals surface area contributed by atoms with E-state index < -0.39 is 23.5 Å². The van der Waals surface area contributed by atoms with E-state index in [1.807, 2.05) is 0 Å². The molecule has 0 saturated heterocycles. The third-order valence-electron chi connectivity index (χ3n) is 3.58. The van der Waals surface area contributed by atoms with Gasteiger partial charge < -0.3 is 0 Å². The molecule has 0 N–H and O–H groups in total. The lowest BCUT2D eigenvalue weighted by molar-refractivity contribution is -0.162. The first-order chi connectivity index (χ1) is 9.69. The van der Waals surface area contributed by atoms with Crippen LogP contribution in [0.1, 0.15) is 22.3 Å². The van der Waals surface area contributed by atoms with Gasteiger partial charge in [0.25, 0.3) is 0 Å². The number of benzene rings is 2. The fraction of sp³-hybridized carbons (Fsp3) is 0.200. The zero-order valence-electron chi connectivity index (χ0n) is 10.4. The summed E-state index contributed by atoms with van der Waals surface area (Å²) < 4.78 is 78.1. The Labute approximate surface area is 116 Å². The van der Waals surface area contributed by atoms with E-state index in [-0.39, 0.29) is 17.5 Å². The fourth-order valence-electron chi connectivity index (χ4n) is 2.77. The van der Waals surface area contributed by atoms with Gasteiger partial charge in [0.15, 0.2) is 0 Å². The largest absolute Gasteiger partial charge is 0.417 e. The summed E-state index contributed by atoms with van der Waals surface area (Å²) in [5.74, 6) is 0. The SMILES string of the molecule is FC(F)(F)c1ccc2c(c1C(F)(F)F)Cc1ccccc1-2. The highest BCUT2D eigenvalue weighted by atomic mass is 19.4. The van der Waals surface area contributed by atoms with Crippen LogP contribution in [0.25, 0.3) is 11.1 Å². The van der Waals surface area contributed by atoms with Gasteiger partial charge >= 0.3 is 12.4 Å². The summed E-state index contributed by atoms with van der Waals surface area (Å²) in [6.07, 6.45) is -10.2. The first kappa shape index (κ1) is 14.0. The van der Waals surface area contributed by atoms with Crippen LogP contribution in [0.5, 0.6) is 0 Å². The second-order valence-electron chi connectivity index (χ2n) is 4.84. The van der Waals surface area contributed by atoms with Gasteiger partial charge in [-0.3, -0.25) is 0 Å². The molecule has 0 bridgehead atoms. The molecule has 3 rings (SSSR count). The number of fused-ring (bicyclic) bond motifs is 3. The molecule has 0 aromatic heterocycles. The third-order valence-corrected chi connectivity index (χ3v) is 3.58. The van der Waals surface area contributed by atoms with Crippen molar-refractivity contribution >= 4 is 0 Å². The van der Waals surface area contributed by atoms with E-state index in [1.54, 1.807) is 24.3 Å². The summed E-state index contributed by atoms with van der Waals surface area (Å²) in [6.45, 7) is 0. The lowest BCUT2D eigenvalue weighted by Crippen LogP contribution is -2.18. The van der Waals surface area contributed by atoms with Crippen molar-refractivity contribution < 1.29 is 26.3 Å². The van der Waals surface area contributed by atoms with Crippen LogP contribution in [0.4, 0.5) is 26.3 Å². The van der Waals surface area contributed by atoms with Gasteiger partial charge in [-0.15, -0.1) is 0 Å². The molecule has 110 valence electrons. The van der Waals surface area contributed by atoms with Gasteiger partial charge in [-0.2, -0.15) is 26.3 Å². The van der Waals surface area contributed by atoms with Crippen molar-refractivity contribution in [2.45, 2.75) is 18.8 Å². The van der Waals surface area contributed by atoms with Crippen molar-refractivity contribution in [1.82, 2.24) is 0 Å². The van der Waals surface area contributed by atoms with Crippen LogP contribution in [0.15, 0.2) is 36.4 Å². The lowest BCUT2D eigenvalue weighted by Gasteiger charge is -2.19. The normalized spacial score (nSPS) is 14.0. The maximum absolute atomic E-state index is 13.2. The fourth-order valence-corrected chi connectivity index (χ4v) is 2.77. The Morgan fingerprint density at radius 1 is 0.714 bits per heavy atom. The van der Waals surface area contributed by atoms with Crippen molar-refractivity contribution in [2.24, 2.45) is 0 Å². The first-order valence-electron chi connectivity index (χ1n) is 6.08. The summed E-state index contributed by atoms with van der Waals surface area (Å²) in [7, 11) is 0. The minimum absolute atomic E-state index is 0.135. The number of alkyl halides is 6. The smallest absolute Gasteiger partial charge is 0.166 e. The maximum Gasteiger partial charge on any atom is 0.417 e. The number of rotatable bonds is 0. The van der Waals surface area contributed by atoms with Gasteiger partial charge in [-0.25, -0.2) is 0 Å². The second kappa shape index (κ2) is 4.26. The molecule has 0 heterocycles. The van der Waals surface area contributed by atoms with Crippen LogP contribution in [-0.2, 0) is 18.8 Å². The van der Waals surface area contributed by atoms with E-state index in [9.17, 15) is 26.3 Å². The summed E-state index contributed by atoms with van der Waals surface area (Å²) >= 11 is 0. The Kier molecular flexibility index (Phi) is 2.83. The number of hydrogen-bond acceptors (Lipinski definition) is 0. The summed E-state index contributed by atoms with van der Waals surface area (Å²) in [6, 6.07) is 8.20. The molecule has 0 atom stereocenters. The first-order valence-corrected chi connectivity index (χ1v) is 6.08. The molecule has 0 fully saturated rings. The monoisotopic (exact) mass is 302 g/mol. The van der Waals surface area contributed by atoms with Gasteiger partial charge in [0, 0.05) is 0 Å². The maximum atomic E-state index is 13.2. The van der Waals surface area contributed by atoms with Crippen molar-refractivity contribution in [1.29, 1.82) is 0 Å². The minimum atomic E-state index is -5.04. The highest BCUT2D eigenvalue weighted by Gasteiger charge is 2.46. The highest BCUT2D eigenvalue weighted by Crippen LogP contribution is 2.48. The topological polar surface area (TPSA) is 0 Å². The Morgan fingerprint density at radius 3 is 2.00 bits per heavy atom. The average molecular weight is 302 g/mol. The summed E-state index contributed by atoms with van der Waals surface area (Å²) in [4.78, 5) is 0. The Bertz CT molecular complexity index is 709. The zero-order valence-corrected chi connectivity index (χ0v) is 10.4. The molecule has 0 saturated carbocycles. The summed E-state index contributed by atoms with van der Waals surface area (Å²) in [5.41, 5.74) is -2.08. The predicted octanol–water partition coefficient (Wildman–Crippen LogP) is 5.30. The van der Waals surface area contributed by atoms with Crippen LogP contribution < -0.4 is 0 Å². The van der Waals surface area contributed by atoms with Crippen molar-refractivity contribution in [3.63, 3.8) is 0 Å². The van der Waals surface area contributed by atoms with Gasteiger partial charge in [0.2, 0.25) is 0 Å². The van der Waals surface area contributed by atoms with Crippen molar-refractivity contribution in [3.05, 3.63) is 58.7 Å². The molecular weight excluding hydrogens is 294 g/mol. The van der Waals surface area contributed by atoms with Gasteiger partial charge in [0.05, 0.1) is 11.1 Å². The van der Waals surface area contributed by atoms with Gasteiger partial charge in [-0.05, 0) is 34.7 Å². The molecule has 0 spiro atoms. The molecule has 0 aliphatic heterocycles. The average Bonchev–Trinajstić information content (AvgIpc) is 2.73. The van der Waals surface area contributed by atoms with Crippen LogP contribution in [0, 0.1) is 0 Å². The third kappa shape index (κ3) is 2.18. The highest BCUT2D eigenvalue weighted by molar-refractivity contribution is 5.78. The lowest BCUT2D eigenvalue weighted by atomic mass is 9.95. The van der Waals surface area contributed by atoms with E-state index >= 15 is 0 Å². The van der Waals surface area contributed by atoms with Crippen LogP contribution >= 0.6 is 0 Å². The number of halogens is 6. The van der Waals surface area contributed by atoms with Crippen LogP contribution in [0.2, 0.25) is 0 Å². The molecule has 0 amide bonds. The Balaban J connectivity index is 2.31. The molecule has 0 radical (unpaired) electrons. The van der Waals surface area contributed by atoms with E-state index in [0.717, 1.165) is 6.07 Å². The van der Waals surface area contributed by atoms with Crippen LogP contribution in [0.3, 0.4) is 0 Å². The molecule has 1 aliphatic carbocycles. The molecule has 2 aromatic rings. The van der Waals surface area contributed by atoms with Gasteiger partial charge in [-0.1, -0.05) is 30.3 Å². The molecule has 0 unspecified atom stereocenters. The van der Waals surface area contributed by atoms with Crippen molar-refractivity contribution in [2.75, 3.05) is 0 Å². The predicted molar refractivity (Wildman–Crippen MR) is 64.7 cm³/mol. The quantitative estimate of drug-likeness (QED) is 0.495. The molecule has 2 aromatic carbocycles. The molecular formula is C15H8F6. The van der Waals surface area contributed by atoms with E-state index in [2.05, 4.69) is 0 Å². The minimum Gasteiger partial charge on any atom is -0.166 e. The van der Waals surface area contributed by atoms with E-state index in [4.69, 9.17) is 0 Å². The standard InChI is InChI=1S/C15H8F6/c16-14(17,18)12-6-5-10-9-4-2-1-3-8(9)7-11(10)13(12)15(19,20)21/h1-6H,7H2. The molecule has 0 nitrogen and oxygen atoms in total. The molecule has 6 heteroatoms. The Morgan fingerprint density at radius 2 is 1.38 bits per heavy atom. The second-order valence-corrected chi connectivity index (χ2v) is 4.84. The van der Waals surface area contributed by atoms with E-state index in [0.29, 0.717) is 17.2 Å². The van der Waals surface area contributed by atoms with E-state index in [1.165, 1.54) is 0 Å². The molecule has 21 heavy (non-hydrogen) atoms. The van der Waals surface area contributed by atoms with Crippen molar-refractivity contribution in [3.8, 4) is 11.1 Å².